The number of benzene rings is 1. The van der Waals surface area contributed by atoms with Gasteiger partial charge in [0.15, 0.2) is 0 Å². The number of carbonyl (C=O) groups is 1. The van der Waals surface area contributed by atoms with Gasteiger partial charge in [-0.05, 0) is 38.3 Å². The zero-order valence-corrected chi connectivity index (χ0v) is 13.1. The number of amides is 1. The Kier molecular flexibility index (Phi) is 4.22. The van der Waals surface area contributed by atoms with Gasteiger partial charge in [0.25, 0.3) is 0 Å². The third-order valence-corrected chi connectivity index (χ3v) is 5.12. The molecule has 1 amide bonds. The van der Waals surface area contributed by atoms with Gasteiger partial charge in [-0.1, -0.05) is 12.1 Å². The maximum absolute atomic E-state index is 12.4. The normalized spacial score (nSPS) is 20.1. The second-order valence-electron chi connectivity index (χ2n) is 5.78. The van der Waals surface area contributed by atoms with E-state index in [-0.39, 0.29) is 18.0 Å². The van der Waals surface area contributed by atoms with Crippen molar-refractivity contribution in [1.29, 1.82) is 0 Å². The molecule has 0 bridgehead atoms. The van der Waals surface area contributed by atoms with Crippen LogP contribution in [0.15, 0.2) is 24.3 Å². The first-order chi connectivity index (χ1) is 10.1. The van der Waals surface area contributed by atoms with Gasteiger partial charge in [0.05, 0.1) is 16.3 Å². The lowest BCUT2D eigenvalue weighted by Gasteiger charge is -2.23. The van der Waals surface area contributed by atoms with Crippen LogP contribution in [-0.2, 0) is 4.79 Å². The number of fused-ring (bicyclic) bond motifs is 1. The highest BCUT2D eigenvalue weighted by Gasteiger charge is 2.31. The first-order valence-corrected chi connectivity index (χ1v) is 8.37. The topological polar surface area (TPSA) is 59.2 Å². The molecule has 2 aromatic rings. The van der Waals surface area contributed by atoms with Crippen molar-refractivity contribution in [2.75, 3.05) is 6.54 Å². The fraction of sp³-hybridized carbons (Fsp3) is 0.500. The van der Waals surface area contributed by atoms with Gasteiger partial charge in [-0.25, -0.2) is 4.98 Å². The van der Waals surface area contributed by atoms with Crippen LogP contribution in [0.4, 0.5) is 0 Å². The Balaban J connectivity index is 1.78. The summed E-state index contributed by atoms with van der Waals surface area (Å²) in [5.74, 6) is 0.217. The molecule has 0 saturated carbocycles. The van der Waals surface area contributed by atoms with Gasteiger partial charge in [0.1, 0.15) is 5.01 Å². The maximum Gasteiger partial charge on any atom is 0.223 e. The monoisotopic (exact) mass is 303 g/mol. The SMILES string of the molecule is CC(N)CCC(=O)N1CCCC1c1nc2ccccc2s1. The highest BCUT2D eigenvalue weighted by atomic mass is 32.1. The lowest BCUT2D eigenvalue weighted by Crippen LogP contribution is -2.31. The highest BCUT2D eigenvalue weighted by molar-refractivity contribution is 7.18. The molecule has 1 aliphatic heterocycles. The molecule has 5 heteroatoms. The summed E-state index contributed by atoms with van der Waals surface area (Å²) in [6, 6.07) is 8.40. The number of aromatic nitrogens is 1. The van der Waals surface area contributed by atoms with Crippen LogP contribution in [0.5, 0.6) is 0 Å². The number of hydrogen-bond acceptors (Lipinski definition) is 4. The maximum atomic E-state index is 12.4. The van der Waals surface area contributed by atoms with Crippen LogP contribution >= 0.6 is 11.3 Å². The molecular weight excluding hydrogens is 282 g/mol. The first-order valence-electron chi connectivity index (χ1n) is 7.55. The largest absolute Gasteiger partial charge is 0.333 e. The van der Waals surface area contributed by atoms with E-state index in [1.54, 1.807) is 11.3 Å². The van der Waals surface area contributed by atoms with Crippen LogP contribution in [0.3, 0.4) is 0 Å². The van der Waals surface area contributed by atoms with E-state index in [0.717, 1.165) is 36.3 Å². The molecule has 0 spiro atoms. The smallest absolute Gasteiger partial charge is 0.223 e. The van der Waals surface area contributed by atoms with Gasteiger partial charge in [0, 0.05) is 19.0 Å². The van der Waals surface area contributed by atoms with Crippen LogP contribution < -0.4 is 5.73 Å². The van der Waals surface area contributed by atoms with E-state index in [9.17, 15) is 4.79 Å². The van der Waals surface area contributed by atoms with E-state index in [2.05, 4.69) is 6.07 Å². The molecule has 2 N–H and O–H groups in total. The number of para-hydroxylation sites is 1. The zero-order chi connectivity index (χ0) is 14.8. The van der Waals surface area contributed by atoms with Gasteiger partial charge in [0.2, 0.25) is 5.91 Å². The average Bonchev–Trinajstić information content (AvgIpc) is 3.10. The van der Waals surface area contributed by atoms with Crippen LogP contribution in [-0.4, -0.2) is 28.4 Å². The van der Waals surface area contributed by atoms with E-state index in [1.807, 2.05) is 30.0 Å². The fourth-order valence-corrected chi connectivity index (χ4v) is 3.96. The molecule has 2 unspecified atom stereocenters. The molecule has 21 heavy (non-hydrogen) atoms. The van der Waals surface area contributed by atoms with Crippen molar-refractivity contribution >= 4 is 27.5 Å². The molecule has 1 aromatic heterocycles. The van der Waals surface area contributed by atoms with E-state index in [1.165, 1.54) is 4.70 Å². The Morgan fingerprint density at radius 1 is 1.52 bits per heavy atom. The van der Waals surface area contributed by atoms with Crippen LogP contribution in [0.25, 0.3) is 10.2 Å². The molecule has 4 nitrogen and oxygen atoms in total. The Bertz CT molecular complexity index is 604. The number of rotatable bonds is 4. The van der Waals surface area contributed by atoms with Crippen molar-refractivity contribution in [2.24, 2.45) is 5.73 Å². The summed E-state index contributed by atoms with van der Waals surface area (Å²) in [6.45, 7) is 2.79. The second-order valence-corrected chi connectivity index (χ2v) is 6.84. The third kappa shape index (κ3) is 3.09. The zero-order valence-electron chi connectivity index (χ0n) is 12.3. The highest BCUT2D eigenvalue weighted by Crippen LogP contribution is 2.36. The van der Waals surface area contributed by atoms with E-state index in [4.69, 9.17) is 10.7 Å². The summed E-state index contributed by atoms with van der Waals surface area (Å²) in [5.41, 5.74) is 6.79. The third-order valence-electron chi connectivity index (χ3n) is 3.98. The number of carbonyl (C=O) groups excluding carboxylic acids is 1. The van der Waals surface area contributed by atoms with Crippen molar-refractivity contribution in [2.45, 2.75) is 44.7 Å². The Morgan fingerprint density at radius 3 is 3.10 bits per heavy atom. The van der Waals surface area contributed by atoms with Crippen LogP contribution in [0.2, 0.25) is 0 Å². The summed E-state index contributed by atoms with van der Waals surface area (Å²) < 4.78 is 1.20. The number of hydrogen-bond donors (Lipinski definition) is 1. The average molecular weight is 303 g/mol. The molecule has 1 saturated heterocycles. The van der Waals surface area contributed by atoms with Crippen LogP contribution in [0.1, 0.15) is 43.7 Å². The van der Waals surface area contributed by atoms with E-state index in [0.29, 0.717) is 6.42 Å². The van der Waals surface area contributed by atoms with Crippen LogP contribution in [0, 0.1) is 0 Å². The predicted octanol–water partition coefficient (Wildman–Crippen LogP) is 3.09. The van der Waals surface area contributed by atoms with Gasteiger partial charge in [-0.15, -0.1) is 11.3 Å². The lowest BCUT2D eigenvalue weighted by molar-refractivity contribution is -0.132. The summed E-state index contributed by atoms with van der Waals surface area (Å²) >= 11 is 1.71. The second kappa shape index (κ2) is 6.12. The fourth-order valence-electron chi connectivity index (χ4n) is 2.85. The molecule has 1 aliphatic rings. The minimum Gasteiger partial charge on any atom is -0.333 e. The van der Waals surface area contributed by atoms with Gasteiger partial charge in [-0.2, -0.15) is 0 Å². The summed E-state index contributed by atoms with van der Waals surface area (Å²) in [5, 5.41) is 1.07. The Hall–Kier alpha value is -1.46. The first kappa shape index (κ1) is 14.5. The molecule has 3 rings (SSSR count). The Morgan fingerprint density at radius 2 is 2.33 bits per heavy atom. The van der Waals surface area contributed by atoms with Gasteiger partial charge < -0.3 is 10.6 Å². The van der Waals surface area contributed by atoms with Gasteiger partial charge in [-0.3, -0.25) is 4.79 Å². The molecule has 0 aliphatic carbocycles. The minimum absolute atomic E-state index is 0.0810. The number of thiazole rings is 1. The van der Waals surface area contributed by atoms with Gasteiger partial charge >= 0.3 is 0 Å². The van der Waals surface area contributed by atoms with E-state index < -0.39 is 0 Å². The standard InChI is InChI=1S/C16H21N3OS/c1-11(17)8-9-15(20)19-10-4-6-13(19)16-18-12-5-2-3-7-14(12)21-16/h2-3,5,7,11,13H,4,6,8-10,17H2,1H3. The molecule has 0 radical (unpaired) electrons. The van der Waals surface area contributed by atoms with Crippen molar-refractivity contribution in [3.63, 3.8) is 0 Å². The number of likely N-dealkylation sites (tertiary alicyclic amines) is 1. The number of nitrogens with two attached hydrogens (primary N) is 1. The van der Waals surface area contributed by atoms with Crippen molar-refractivity contribution in [3.05, 3.63) is 29.3 Å². The van der Waals surface area contributed by atoms with Crippen molar-refractivity contribution in [1.82, 2.24) is 9.88 Å². The summed E-state index contributed by atoms with van der Waals surface area (Å²) in [6.07, 6.45) is 3.37. The number of nitrogens with zero attached hydrogens (tertiary/aromatic N) is 2. The molecule has 1 fully saturated rings. The molecular formula is C16H21N3OS. The van der Waals surface area contributed by atoms with Crippen molar-refractivity contribution < 1.29 is 4.79 Å². The molecule has 1 aromatic carbocycles. The predicted molar refractivity (Wildman–Crippen MR) is 86.2 cm³/mol. The minimum atomic E-state index is 0.0810. The molecule has 2 atom stereocenters. The molecule has 112 valence electrons. The summed E-state index contributed by atoms with van der Waals surface area (Å²) in [7, 11) is 0. The lowest BCUT2D eigenvalue weighted by atomic mass is 10.1. The molecule has 2 heterocycles. The summed E-state index contributed by atoms with van der Waals surface area (Å²) in [4.78, 5) is 19.1. The van der Waals surface area contributed by atoms with Crippen molar-refractivity contribution in [3.8, 4) is 0 Å². The van der Waals surface area contributed by atoms with E-state index >= 15 is 0 Å². The Labute approximate surface area is 129 Å². The quantitative estimate of drug-likeness (QED) is 0.944.